The summed E-state index contributed by atoms with van der Waals surface area (Å²) in [4.78, 5) is 14.4. The smallest absolute Gasteiger partial charge is 0.228 e. The summed E-state index contributed by atoms with van der Waals surface area (Å²) in [6, 6.07) is 10.2. The van der Waals surface area contributed by atoms with Crippen LogP contribution in [0.1, 0.15) is 31.1 Å². The second-order valence-corrected chi connectivity index (χ2v) is 5.64. The Balaban J connectivity index is 1.76. The van der Waals surface area contributed by atoms with Gasteiger partial charge in [0.05, 0.1) is 12.6 Å². The van der Waals surface area contributed by atoms with Crippen LogP contribution >= 0.6 is 11.6 Å². The van der Waals surface area contributed by atoms with Crippen LogP contribution in [0.2, 0.25) is 0 Å². The lowest BCUT2D eigenvalue weighted by Crippen LogP contribution is -2.32. The van der Waals surface area contributed by atoms with E-state index in [0.29, 0.717) is 12.5 Å². The Morgan fingerprint density at radius 3 is 2.84 bits per heavy atom. The van der Waals surface area contributed by atoms with Gasteiger partial charge in [-0.25, -0.2) is 0 Å². The lowest BCUT2D eigenvalue weighted by molar-refractivity contribution is -0.137. The van der Waals surface area contributed by atoms with Gasteiger partial charge in [0.1, 0.15) is 0 Å². The molecule has 2 fully saturated rings. The normalized spacial score (nSPS) is 29.8. The van der Waals surface area contributed by atoms with Crippen LogP contribution in [0.25, 0.3) is 0 Å². The molecule has 1 aromatic carbocycles. The third kappa shape index (κ3) is 2.37. The van der Waals surface area contributed by atoms with E-state index in [4.69, 9.17) is 16.3 Å². The molecule has 3 rings (SSSR count). The van der Waals surface area contributed by atoms with Crippen LogP contribution in [0.5, 0.6) is 0 Å². The highest BCUT2D eigenvalue weighted by Crippen LogP contribution is 2.40. The van der Waals surface area contributed by atoms with Crippen LogP contribution in [0, 0.1) is 5.92 Å². The van der Waals surface area contributed by atoms with Crippen molar-refractivity contribution in [3.05, 3.63) is 35.9 Å². The van der Waals surface area contributed by atoms with Crippen molar-refractivity contribution >= 4 is 17.5 Å². The summed E-state index contributed by atoms with van der Waals surface area (Å²) in [5, 5.41) is 0. The summed E-state index contributed by atoms with van der Waals surface area (Å²) in [5.74, 6) is 1.01. The number of hydrogen-bond acceptors (Lipinski definition) is 2. The van der Waals surface area contributed by atoms with Gasteiger partial charge in [0, 0.05) is 17.4 Å². The molecule has 0 unspecified atom stereocenters. The maximum atomic E-state index is 12.5. The first kappa shape index (κ1) is 12.9. The molecule has 0 spiro atoms. The van der Waals surface area contributed by atoms with E-state index < -0.39 is 0 Å². The minimum atomic E-state index is -0.195. The van der Waals surface area contributed by atoms with Crippen molar-refractivity contribution in [2.75, 3.05) is 12.5 Å². The van der Waals surface area contributed by atoms with E-state index in [1.54, 1.807) is 0 Å². The van der Waals surface area contributed by atoms with Gasteiger partial charge in [-0.1, -0.05) is 30.3 Å². The van der Waals surface area contributed by atoms with Gasteiger partial charge in [-0.2, -0.15) is 0 Å². The first-order valence-corrected chi connectivity index (χ1v) is 7.39. The number of alkyl halides is 1. The molecule has 0 saturated carbocycles. The largest absolute Gasteiger partial charge is 0.352 e. The fraction of sp³-hybridized carbons (Fsp3) is 0.533. The summed E-state index contributed by atoms with van der Waals surface area (Å²) in [6.07, 6.45) is 2.53. The van der Waals surface area contributed by atoms with Crippen molar-refractivity contribution in [3.63, 3.8) is 0 Å². The molecule has 4 heteroatoms. The third-order valence-electron chi connectivity index (χ3n) is 4.02. The van der Waals surface area contributed by atoms with Crippen LogP contribution in [0.15, 0.2) is 30.3 Å². The van der Waals surface area contributed by atoms with E-state index in [1.165, 1.54) is 0 Å². The third-order valence-corrected chi connectivity index (χ3v) is 4.29. The number of benzene rings is 1. The number of carbonyl (C=O) groups is 1. The topological polar surface area (TPSA) is 29.5 Å². The fourth-order valence-corrected chi connectivity index (χ4v) is 3.27. The van der Waals surface area contributed by atoms with Crippen LogP contribution in [0.4, 0.5) is 0 Å². The van der Waals surface area contributed by atoms with E-state index in [-0.39, 0.29) is 24.1 Å². The first-order valence-electron chi connectivity index (χ1n) is 6.86. The molecule has 2 aliphatic rings. The predicted molar refractivity (Wildman–Crippen MR) is 73.8 cm³/mol. The number of rotatable bonds is 4. The summed E-state index contributed by atoms with van der Waals surface area (Å²) >= 11 is 5.72. The molecule has 2 aliphatic heterocycles. The molecule has 3 atom stereocenters. The molecule has 2 heterocycles. The molecule has 2 saturated heterocycles. The van der Waals surface area contributed by atoms with Gasteiger partial charge in [-0.05, 0) is 19.3 Å². The Hall–Kier alpha value is -1.06. The highest BCUT2D eigenvalue weighted by Gasteiger charge is 2.47. The molecule has 1 aromatic rings. The molecule has 3 nitrogen and oxygen atoms in total. The molecule has 19 heavy (non-hydrogen) atoms. The second-order valence-electron chi connectivity index (χ2n) is 5.26. The summed E-state index contributed by atoms with van der Waals surface area (Å²) in [6.45, 7) is 0.655. The summed E-state index contributed by atoms with van der Waals surface area (Å²) in [5.41, 5.74) is 1.07. The van der Waals surface area contributed by atoms with E-state index >= 15 is 0 Å². The number of nitrogens with zero attached hydrogens (tertiary/aromatic N) is 1. The van der Waals surface area contributed by atoms with Gasteiger partial charge in [-0.3, -0.25) is 4.79 Å². The second kappa shape index (κ2) is 5.51. The molecular formula is C15H18ClNO2. The van der Waals surface area contributed by atoms with Gasteiger partial charge >= 0.3 is 0 Å². The molecule has 0 N–H and O–H groups in total. The molecule has 0 radical (unpaired) electrons. The number of hydrogen-bond donors (Lipinski definition) is 0. The number of fused-ring (bicyclic) bond motifs is 1. The standard InChI is InChI=1S/C15H18ClNO2/c16-8-4-7-12-9-13-10-19-15(17(13)14(12)18)11-5-2-1-3-6-11/h1-3,5-6,12-13,15H,4,7-10H2/t12-,13+,15-/m1/s1. The Morgan fingerprint density at radius 2 is 2.11 bits per heavy atom. The average Bonchev–Trinajstić information content (AvgIpc) is 2.99. The van der Waals surface area contributed by atoms with Gasteiger partial charge in [0.15, 0.2) is 6.23 Å². The monoisotopic (exact) mass is 279 g/mol. The van der Waals surface area contributed by atoms with Crippen molar-refractivity contribution in [1.82, 2.24) is 4.90 Å². The molecule has 102 valence electrons. The van der Waals surface area contributed by atoms with Crippen LogP contribution in [-0.4, -0.2) is 29.3 Å². The molecule has 0 bridgehead atoms. The minimum absolute atomic E-state index is 0.138. The zero-order chi connectivity index (χ0) is 13.2. The van der Waals surface area contributed by atoms with Gasteiger partial charge in [-0.15, -0.1) is 11.6 Å². The molecule has 0 aliphatic carbocycles. The predicted octanol–water partition coefficient (Wildman–Crippen LogP) is 2.95. The number of amides is 1. The number of ether oxygens (including phenoxy) is 1. The Morgan fingerprint density at radius 1 is 1.32 bits per heavy atom. The number of carbonyl (C=O) groups excluding carboxylic acids is 1. The SMILES string of the molecule is O=C1[C@H](CCCCl)C[C@H]2CO[C@H](c3ccccc3)N12. The van der Waals surface area contributed by atoms with Crippen molar-refractivity contribution in [2.24, 2.45) is 5.92 Å². The van der Waals surface area contributed by atoms with Crippen molar-refractivity contribution in [1.29, 1.82) is 0 Å². The highest BCUT2D eigenvalue weighted by molar-refractivity contribution is 6.17. The number of halogens is 1. The quantitative estimate of drug-likeness (QED) is 0.793. The van der Waals surface area contributed by atoms with Gasteiger partial charge < -0.3 is 9.64 Å². The molecule has 0 aromatic heterocycles. The van der Waals surface area contributed by atoms with E-state index in [0.717, 1.165) is 24.8 Å². The van der Waals surface area contributed by atoms with Gasteiger partial charge in [0.2, 0.25) is 5.91 Å². The van der Waals surface area contributed by atoms with Crippen LogP contribution < -0.4 is 0 Å². The van der Waals surface area contributed by atoms with Crippen molar-refractivity contribution < 1.29 is 9.53 Å². The van der Waals surface area contributed by atoms with E-state index in [2.05, 4.69) is 0 Å². The lowest BCUT2D eigenvalue weighted by atomic mass is 10.00. The van der Waals surface area contributed by atoms with Crippen LogP contribution in [0.3, 0.4) is 0 Å². The Labute approximate surface area is 118 Å². The molecule has 1 amide bonds. The molecular weight excluding hydrogens is 262 g/mol. The summed E-state index contributed by atoms with van der Waals surface area (Å²) in [7, 11) is 0. The summed E-state index contributed by atoms with van der Waals surface area (Å²) < 4.78 is 5.81. The first-order chi connectivity index (χ1) is 9.31. The minimum Gasteiger partial charge on any atom is -0.352 e. The lowest BCUT2D eigenvalue weighted by Gasteiger charge is -2.23. The van der Waals surface area contributed by atoms with Crippen molar-refractivity contribution in [3.8, 4) is 0 Å². The van der Waals surface area contributed by atoms with E-state index in [1.807, 2.05) is 35.2 Å². The fourth-order valence-electron chi connectivity index (χ4n) is 3.11. The van der Waals surface area contributed by atoms with E-state index in [9.17, 15) is 4.79 Å². The zero-order valence-electron chi connectivity index (χ0n) is 10.8. The van der Waals surface area contributed by atoms with Crippen molar-refractivity contribution in [2.45, 2.75) is 31.5 Å². The maximum Gasteiger partial charge on any atom is 0.228 e. The Kier molecular flexibility index (Phi) is 3.76. The highest BCUT2D eigenvalue weighted by atomic mass is 35.5. The zero-order valence-corrected chi connectivity index (χ0v) is 11.6. The Bertz CT molecular complexity index is 451. The van der Waals surface area contributed by atoms with Crippen LogP contribution in [-0.2, 0) is 9.53 Å². The van der Waals surface area contributed by atoms with Gasteiger partial charge in [0.25, 0.3) is 0 Å². The maximum absolute atomic E-state index is 12.5. The average molecular weight is 280 g/mol.